The molecule has 0 amide bonds. The van der Waals surface area contributed by atoms with Gasteiger partial charge in [-0.3, -0.25) is 4.57 Å². The predicted molar refractivity (Wildman–Crippen MR) is 207 cm³/mol. The Hall–Kier alpha value is -5.64. The molecule has 10 nitrogen and oxygen atoms in total. The highest BCUT2D eigenvalue weighted by molar-refractivity contribution is 7.60. The predicted octanol–water partition coefficient (Wildman–Crippen LogP) is 7.78. The van der Waals surface area contributed by atoms with Crippen molar-refractivity contribution in [3.63, 3.8) is 0 Å². The van der Waals surface area contributed by atoms with E-state index in [2.05, 4.69) is 45.9 Å². The van der Waals surface area contributed by atoms with E-state index in [0.717, 1.165) is 50.8 Å². The highest BCUT2D eigenvalue weighted by Crippen LogP contribution is 2.41. The van der Waals surface area contributed by atoms with Gasteiger partial charge in [0.15, 0.2) is 16.1 Å². The van der Waals surface area contributed by atoms with Crippen LogP contribution in [-0.4, -0.2) is 44.1 Å². The van der Waals surface area contributed by atoms with Crippen LogP contribution in [0.5, 0.6) is 0 Å². The molecule has 0 saturated heterocycles. The van der Waals surface area contributed by atoms with Crippen molar-refractivity contribution in [3.05, 3.63) is 179 Å². The number of rotatable bonds is 11. The number of tetrazole rings is 1. The van der Waals surface area contributed by atoms with Crippen molar-refractivity contribution in [1.82, 2.24) is 34.3 Å². The summed E-state index contributed by atoms with van der Waals surface area (Å²) in [5.41, 5.74) is 5.16. The van der Waals surface area contributed by atoms with Crippen LogP contribution in [0.2, 0.25) is 5.15 Å². The van der Waals surface area contributed by atoms with Gasteiger partial charge >= 0.3 is 7.60 Å². The van der Waals surface area contributed by atoms with E-state index in [4.69, 9.17) is 27.0 Å². The van der Waals surface area contributed by atoms with Crippen LogP contribution in [-0.2, 0) is 23.1 Å². The summed E-state index contributed by atoms with van der Waals surface area (Å²) in [6.07, 6.45) is 3.25. The van der Waals surface area contributed by atoms with E-state index < -0.39 is 13.1 Å². The first-order valence-electron chi connectivity index (χ1n) is 17.3. The fraction of sp³-hybridized carbons (Fsp3) is 0.122. The highest BCUT2D eigenvalue weighted by Gasteiger charge is 2.41. The number of halogens is 1. The topological polar surface area (TPSA) is 124 Å². The Labute approximate surface area is 311 Å². The first kappa shape index (κ1) is 34.4. The SMILES string of the molecule is CCCc1nc(Cl)c(P(=O)(O)O)n1Cc1cccc2c1ccn2-c1ccccc1-c1nnn(C(c2ccccc2)(c2ccccc2)c2ccccc2)n1. The van der Waals surface area contributed by atoms with Gasteiger partial charge in [0.1, 0.15) is 5.82 Å². The largest absolute Gasteiger partial charge is 0.375 e. The summed E-state index contributed by atoms with van der Waals surface area (Å²) in [4.78, 5) is 26.5. The second kappa shape index (κ2) is 14.1. The zero-order valence-corrected chi connectivity index (χ0v) is 30.4. The normalized spacial score (nSPS) is 12.1. The van der Waals surface area contributed by atoms with Gasteiger partial charge in [0.2, 0.25) is 5.82 Å². The lowest BCUT2D eigenvalue weighted by Crippen LogP contribution is -2.39. The fourth-order valence-electron chi connectivity index (χ4n) is 7.29. The molecule has 8 rings (SSSR count). The van der Waals surface area contributed by atoms with Crippen molar-refractivity contribution in [2.24, 2.45) is 0 Å². The number of para-hydroxylation sites is 1. The number of imidazole rings is 1. The molecular formula is C41H35ClN7O3P. The molecule has 0 aliphatic carbocycles. The quantitative estimate of drug-likeness (QED) is 0.103. The number of fused-ring (bicyclic) bond motifs is 1. The number of aromatic nitrogens is 7. The molecule has 8 aromatic rings. The minimum atomic E-state index is -4.70. The van der Waals surface area contributed by atoms with Gasteiger partial charge in [-0.15, -0.1) is 15.0 Å². The summed E-state index contributed by atoms with van der Waals surface area (Å²) >= 11 is 6.30. The number of hydrogen-bond acceptors (Lipinski definition) is 5. The lowest BCUT2D eigenvalue weighted by atomic mass is 9.77. The maximum Gasteiger partial charge on any atom is 0.375 e. The van der Waals surface area contributed by atoms with Crippen LogP contribution in [0, 0.1) is 0 Å². The Morgan fingerprint density at radius 2 is 1.36 bits per heavy atom. The molecule has 0 spiro atoms. The molecule has 2 N–H and O–H groups in total. The molecule has 264 valence electrons. The third-order valence-corrected chi connectivity index (χ3v) is 11.0. The number of hydrogen-bond donors (Lipinski definition) is 2. The fourth-order valence-corrected chi connectivity index (χ4v) is 8.61. The summed E-state index contributed by atoms with van der Waals surface area (Å²) < 4.78 is 16.2. The molecule has 0 unspecified atom stereocenters. The van der Waals surface area contributed by atoms with E-state index in [1.54, 1.807) is 9.36 Å². The van der Waals surface area contributed by atoms with Gasteiger partial charge < -0.3 is 18.9 Å². The van der Waals surface area contributed by atoms with Gasteiger partial charge in [-0.2, -0.15) is 0 Å². The molecule has 12 heteroatoms. The lowest BCUT2D eigenvalue weighted by Gasteiger charge is -2.34. The van der Waals surface area contributed by atoms with Gasteiger partial charge in [0, 0.05) is 23.6 Å². The minimum Gasteiger partial charge on any atom is -0.320 e. The Morgan fingerprint density at radius 1 is 0.755 bits per heavy atom. The molecule has 0 aliphatic rings. The molecular weight excluding hydrogens is 705 g/mol. The number of benzene rings is 5. The van der Waals surface area contributed by atoms with E-state index in [0.29, 0.717) is 18.1 Å². The molecule has 0 atom stereocenters. The maximum atomic E-state index is 12.5. The highest BCUT2D eigenvalue weighted by atomic mass is 35.5. The van der Waals surface area contributed by atoms with Crippen molar-refractivity contribution in [2.75, 3.05) is 0 Å². The minimum absolute atomic E-state index is 0.170. The second-order valence-corrected chi connectivity index (χ2v) is 14.7. The molecule has 0 radical (unpaired) electrons. The van der Waals surface area contributed by atoms with Crippen molar-refractivity contribution < 1.29 is 14.4 Å². The monoisotopic (exact) mass is 739 g/mol. The zero-order chi connectivity index (χ0) is 36.6. The van der Waals surface area contributed by atoms with E-state index in [1.807, 2.05) is 116 Å². The van der Waals surface area contributed by atoms with Crippen LogP contribution in [0.25, 0.3) is 28.0 Å². The average Bonchev–Trinajstić information content (AvgIpc) is 3.92. The van der Waals surface area contributed by atoms with Crippen LogP contribution in [0.1, 0.15) is 41.4 Å². The Balaban J connectivity index is 1.25. The van der Waals surface area contributed by atoms with Crippen molar-refractivity contribution in [3.8, 4) is 17.1 Å². The van der Waals surface area contributed by atoms with Crippen LogP contribution >= 0.6 is 19.2 Å². The molecule has 5 aromatic carbocycles. The van der Waals surface area contributed by atoms with E-state index in [9.17, 15) is 14.4 Å². The summed E-state index contributed by atoms with van der Waals surface area (Å²) in [5.74, 6) is 0.985. The molecule has 0 aliphatic heterocycles. The van der Waals surface area contributed by atoms with E-state index in [-0.39, 0.29) is 17.1 Å². The van der Waals surface area contributed by atoms with Crippen molar-refractivity contribution in [2.45, 2.75) is 31.8 Å². The zero-order valence-electron chi connectivity index (χ0n) is 28.7. The summed E-state index contributed by atoms with van der Waals surface area (Å²) in [5, 5.41) is 15.4. The molecule has 3 aromatic heterocycles. The van der Waals surface area contributed by atoms with Crippen LogP contribution in [0.4, 0.5) is 0 Å². The first-order valence-corrected chi connectivity index (χ1v) is 19.3. The van der Waals surface area contributed by atoms with Gasteiger partial charge in [-0.25, -0.2) is 4.98 Å². The van der Waals surface area contributed by atoms with Crippen LogP contribution in [0.3, 0.4) is 0 Å². The third kappa shape index (κ3) is 6.09. The standard InChI is InChI=1S/C41H35ClN7O3P/c1-2-15-37-43-38(42)40(53(50,51)52)48(37)28-29-16-14-25-35-33(29)26-27-47(35)36-24-13-12-23-34(36)39-44-46-49(45-39)41(30-17-6-3-7-18-30,31-19-8-4-9-20-31)32-21-10-5-11-22-32/h3-14,16-27H,2,15,28H2,1H3,(H2,50,51,52). The van der Waals surface area contributed by atoms with Gasteiger partial charge in [-0.1, -0.05) is 134 Å². The molecule has 0 fully saturated rings. The lowest BCUT2D eigenvalue weighted by molar-refractivity contribution is 0.384. The summed E-state index contributed by atoms with van der Waals surface area (Å²) in [7, 11) is -4.70. The summed E-state index contributed by atoms with van der Waals surface area (Å²) in [6.45, 7) is 2.18. The molecule has 0 saturated carbocycles. The van der Waals surface area contributed by atoms with Gasteiger partial charge in [0.05, 0.1) is 17.7 Å². The van der Waals surface area contributed by atoms with Crippen molar-refractivity contribution >= 4 is 35.5 Å². The van der Waals surface area contributed by atoms with E-state index in [1.165, 1.54) is 0 Å². The molecule has 0 bridgehead atoms. The van der Waals surface area contributed by atoms with E-state index >= 15 is 0 Å². The number of nitrogens with zero attached hydrogens (tertiary/aromatic N) is 7. The second-order valence-electron chi connectivity index (χ2n) is 12.8. The molecule has 3 heterocycles. The average molecular weight is 740 g/mol. The first-order chi connectivity index (χ1) is 25.8. The third-order valence-electron chi connectivity index (χ3n) is 9.57. The van der Waals surface area contributed by atoms with Gasteiger partial charge in [-0.05, 0) is 58.2 Å². The Kier molecular flexibility index (Phi) is 9.14. The van der Waals surface area contributed by atoms with Gasteiger partial charge in [0.25, 0.3) is 0 Å². The van der Waals surface area contributed by atoms with Crippen LogP contribution in [0.15, 0.2) is 146 Å². The van der Waals surface area contributed by atoms with Crippen molar-refractivity contribution in [1.29, 1.82) is 0 Å². The Morgan fingerprint density at radius 3 is 1.96 bits per heavy atom. The van der Waals surface area contributed by atoms with Crippen LogP contribution < -0.4 is 5.44 Å². The Bertz CT molecular complexity index is 2480. The molecule has 53 heavy (non-hydrogen) atoms. The smallest absolute Gasteiger partial charge is 0.320 e. The maximum absolute atomic E-state index is 12.5. The summed E-state index contributed by atoms with van der Waals surface area (Å²) in [6, 6.07) is 46.5. The number of aryl methyl sites for hydroxylation is 1.